The Morgan fingerprint density at radius 3 is 2.56 bits per heavy atom. The molecule has 0 spiro atoms. The number of hydrogen-bond acceptors (Lipinski definition) is 4. The van der Waals surface area contributed by atoms with Crippen LogP contribution in [0.5, 0.6) is 11.5 Å². The average Bonchev–Trinajstić information content (AvgIpc) is 2.65. The zero-order valence-corrected chi connectivity index (χ0v) is 15.3. The molecule has 0 saturated carbocycles. The van der Waals surface area contributed by atoms with Gasteiger partial charge in [0, 0.05) is 10.6 Å². The van der Waals surface area contributed by atoms with Crippen molar-refractivity contribution in [2.45, 2.75) is 6.42 Å². The Morgan fingerprint density at radius 2 is 1.89 bits per heavy atom. The first-order valence-corrected chi connectivity index (χ1v) is 8.52. The van der Waals surface area contributed by atoms with Gasteiger partial charge in [-0.15, -0.1) is 6.58 Å². The van der Waals surface area contributed by atoms with Crippen LogP contribution in [0, 0.1) is 11.3 Å². The number of halogens is 1. The zero-order chi connectivity index (χ0) is 19.6. The number of rotatable bonds is 9. The topological polar surface area (TPSA) is 79.5 Å². The molecular formula is C21H18ClNO4. The summed E-state index contributed by atoms with van der Waals surface area (Å²) in [5, 5.41) is 18.3. The highest BCUT2D eigenvalue weighted by atomic mass is 35.5. The number of carboxylic acids is 1. The second-order valence-corrected chi connectivity index (χ2v) is 5.89. The lowest BCUT2D eigenvalue weighted by molar-refractivity contribution is -0.132. The molecule has 0 amide bonds. The third-order valence-electron chi connectivity index (χ3n) is 3.56. The summed E-state index contributed by atoms with van der Waals surface area (Å²) in [4.78, 5) is 11.0. The van der Waals surface area contributed by atoms with E-state index in [-0.39, 0.29) is 6.61 Å². The van der Waals surface area contributed by atoms with Gasteiger partial charge in [-0.3, -0.25) is 0 Å². The van der Waals surface area contributed by atoms with Crippen molar-refractivity contribution in [3.05, 3.63) is 76.8 Å². The van der Waals surface area contributed by atoms with Crippen molar-refractivity contribution in [3.8, 4) is 17.6 Å². The van der Waals surface area contributed by atoms with Crippen molar-refractivity contribution in [2.24, 2.45) is 0 Å². The Hall–Kier alpha value is -3.23. The molecule has 5 nitrogen and oxygen atoms in total. The maximum Gasteiger partial charge on any atom is 0.346 e. The van der Waals surface area contributed by atoms with E-state index in [4.69, 9.17) is 31.4 Å². The molecular weight excluding hydrogens is 366 g/mol. The molecule has 0 radical (unpaired) electrons. The number of ether oxygens (including phenoxy) is 2. The van der Waals surface area contributed by atoms with Crippen LogP contribution in [0.15, 0.2) is 60.7 Å². The summed E-state index contributed by atoms with van der Waals surface area (Å²) in [6.07, 6.45) is 3.74. The number of para-hydroxylation sites is 1. The number of nitriles is 1. The quantitative estimate of drug-likeness (QED) is 0.298. The molecule has 0 aliphatic carbocycles. The van der Waals surface area contributed by atoms with Crippen LogP contribution in [0.4, 0.5) is 0 Å². The molecule has 138 valence electrons. The maximum atomic E-state index is 11.0. The van der Waals surface area contributed by atoms with Gasteiger partial charge in [0.15, 0.2) is 0 Å². The van der Waals surface area contributed by atoms with Gasteiger partial charge < -0.3 is 14.6 Å². The van der Waals surface area contributed by atoms with Crippen LogP contribution in [0.25, 0.3) is 6.08 Å². The van der Waals surface area contributed by atoms with E-state index < -0.39 is 11.5 Å². The van der Waals surface area contributed by atoms with Crippen LogP contribution in [-0.2, 0) is 11.2 Å². The number of nitrogens with zero attached hydrogens (tertiary/aromatic N) is 1. The number of benzene rings is 2. The number of allylic oxidation sites excluding steroid dienone is 1. The Bertz CT molecular complexity index is 899. The largest absolute Gasteiger partial charge is 0.490 e. The van der Waals surface area contributed by atoms with Crippen LogP contribution in [0.3, 0.4) is 0 Å². The van der Waals surface area contributed by atoms with E-state index in [0.29, 0.717) is 29.4 Å². The number of aliphatic carboxylic acids is 1. The Labute approximate surface area is 162 Å². The molecule has 0 aromatic heterocycles. The summed E-state index contributed by atoms with van der Waals surface area (Å²) in [5.74, 6) is -0.142. The van der Waals surface area contributed by atoms with E-state index in [1.165, 1.54) is 12.1 Å². The molecule has 2 aromatic carbocycles. The van der Waals surface area contributed by atoms with Gasteiger partial charge in [0.2, 0.25) is 0 Å². The zero-order valence-electron chi connectivity index (χ0n) is 14.5. The first-order chi connectivity index (χ1) is 13.0. The van der Waals surface area contributed by atoms with Crippen molar-refractivity contribution < 1.29 is 19.4 Å². The smallest absolute Gasteiger partial charge is 0.346 e. The van der Waals surface area contributed by atoms with Gasteiger partial charge in [0.1, 0.15) is 36.4 Å². The fraction of sp³-hybridized carbons (Fsp3) is 0.143. The minimum absolute atomic E-state index is 0.236. The molecule has 0 aliphatic rings. The highest BCUT2D eigenvalue weighted by Gasteiger charge is 2.10. The summed E-state index contributed by atoms with van der Waals surface area (Å²) in [6, 6.07) is 14.1. The fourth-order valence-electron chi connectivity index (χ4n) is 2.33. The van der Waals surface area contributed by atoms with Crippen LogP contribution in [0.1, 0.15) is 11.1 Å². The Kier molecular flexibility index (Phi) is 7.48. The van der Waals surface area contributed by atoms with Crippen LogP contribution < -0.4 is 9.47 Å². The molecule has 0 heterocycles. The maximum absolute atomic E-state index is 11.0. The van der Waals surface area contributed by atoms with Gasteiger partial charge in [-0.1, -0.05) is 35.9 Å². The number of hydrogen-bond donors (Lipinski definition) is 1. The van der Waals surface area contributed by atoms with Gasteiger partial charge in [-0.05, 0) is 42.3 Å². The second-order valence-electron chi connectivity index (χ2n) is 5.45. The van der Waals surface area contributed by atoms with E-state index in [1.807, 2.05) is 24.3 Å². The number of carbonyl (C=O) groups is 1. The summed E-state index contributed by atoms with van der Waals surface area (Å²) >= 11 is 5.96. The SMILES string of the molecule is C=CCc1ccccc1OCCOc1ccc(Cl)cc1C=C(C#N)C(=O)O. The highest BCUT2D eigenvalue weighted by Crippen LogP contribution is 2.25. The molecule has 0 bridgehead atoms. The van der Waals surface area contributed by atoms with Crippen molar-refractivity contribution in [1.82, 2.24) is 0 Å². The molecule has 1 N–H and O–H groups in total. The van der Waals surface area contributed by atoms with E-state index in [1.54, 1.807) is 24.3 Å². The number of carboxylic acid groups (broad SMARTS) is 1. The normalized spacial score (nSPS) is 10.7. The lowest BCUT2D eigenvalue weighted by atomic mass is 10.1. The van der Waals surface area contributed by atoms with Crippen LogP contribution in [0.2, 0.25) is 5.02 Å². The van der Waals surface area contributed by atoms with Gasteiger partial charge in [0.25, 0.3) is 0 Å². The van der Waals surface area contributed by atoms with Crippen LogP contribution >= 0.6 is 11.6 Å². The van der Waals surface area contributed by atoms with E-state index in [0.717, 1.165) is 11.3 Å². The Balaban J connectivity index is 2.06. The van der Waals surface area contributed by atoms with E-state index in [2.05, 4.69) is 6.58 Å². The van der Waals surface area contributed by atoms with Crippen molar-refractivity contribution >= 4 is 23.6 Å². The van der Waals surface area contributed by atoms with Gasteiger partial charge in [-0.2, -0.15) is 5.26 Å². The van der Waals surface area contributed by atoms with Gasteiger partial charge in [-0.25, -0.2) is 4.79 Å². The third kappa shape index (κ3) is 5.91. The lowest BCUT2D eigenvalue weighted by Crippen LogP contribution is -2.10. The summed E-state index contributed by atoms with van der Waals surface area (Å²) in [7, 11) is 0. The van der Waals surface area contributed by atoms with Crippen molar-refractivity contribution in [3.63, 3.8) is 0 Å². The molecule has 0 atom stereocenters. The summed E-state index contributed by atoms with van der Waals surface area (Å²) in [5.41, 5.74) is 1.04. The first-order valence-electron chi connectivity index (χ1n) is 8.14. The minimum atomic E-state index is -1.31. The fourth-order valence-corrected chi connectivity index (χ4v) is 2.51. The summed E-state index contributed by atoms with van der Waals surface area (Å²) < 4.78 is 11.4. The molecule has 27 heavy (non-hydrogen) atoms. The van der Waals surface area contributed by atoms with E-state index in [9.17, 15) is 4.79 Å². The first kappa shape index (κ1) is 20.1. The second kappa shape index (κ2) is 10.0. The van der Waals surface area contributed by atoms with E-state index >= 15 is 0 Å². The predicted molar refractivity (Wildman–Crippen MR) is 104 cm³/mol. The molecule has 0 aliphatic heterocycles. The molecule has 6 heteroatoms. The predicted octanol–water partition coefficient (Wildman–Crippen LogP) is 4.52. The molecule has 0 unspecified atom stereocenters. The lowest BCUT2D eigenvalue weighted by Gasteiger charge is -2.13. The van der Waals surface area contributed by atoms with Crippen molar-refractivity contribution in [1.29, 1.82) is 5.26 Å². The van der Waals surface area contributed by atoms with Gasteiger partial charge in [0.05, 0.1) is 0 Å². The standard InChI is InChI=1S/C21H18ClNO4/c1-2-5-15-6-3-4-7-19(15)26-10-11-27-20-9-8-18(22)13-16(20)12-17(14-23)21(24)25/h2-4,6-9,12-13H,1,5,10-11H2,(H,24,25). The average molecular weight is 384 g/mol. The monoisotopic (exact) mass is 383 g/mol. The molecule has 0 saturated heterocycles. The third-order valence-corrected chi connectivity index (χ3v) is 3.79. The van der Waals surface area contributed by atoms with Gasteiger partial charge >= 0.3 is 5.97 Å². The molecule has 2 aromatic rings. The minimum Gasteiger partial charge on any atom is -0.490 e. The van der Waals surface area contributed by atoms with Crippen molar-refractivity contribution in [2.75, 3.05) is 13.2 Å². The molecule has 2 rings (SSSR count). The highest BCUT2D eigenvalue weighted by molar-refractivity contribution is 6.30. The molecule has 0 fully saturated rings. The summed E-state index contributed by atoms with van der Waals surface area (Å²) in [6.45, 7) is 4.26. The van der Waals surface area contributed by atoms with Crippen LogP contribution in [-0.4, -0.2) is 24.3 Å². The Morgan fingerprint density at radius 1 is 1.19 bits per heavy atom.